The highest BCUT2D eigenvalue weighted by Crippen LogP contribution is 1.91. The summed E-state index contributed by atoms with van der Waals surface area (Å²) in [4.78, 5) is 21.7. The molecule has 0 aliphatic heterocycles. The van der Waals surface area contributed by atoms with Crippen molar-refractivity contribution in [3.05, 3.63) is 0 Å². The molecular weight excluding hydrogens is 284 g/mol. The van der Waals surface area contributed by atoms with Gasteiger partial charge < -0.3 is 14.2 Å². The molecule has 0 amide bonds. The average molecular weight is 331 g/mol. The molecule has 0 fully saturated rings. The van der Waals surface area contributed by atoms with Crippen molar-refractivity contribution < 1.29 is 23.8 Å². The van der Waals surface area contributed by atoms with Crippen molar-refractivity contribution in [3.8, 4) is 0 Å². The van der Waals surface area contributed by atoms with Gasteiger partial charge in [-0.2, -0.15) is 0 Å². The molecule has 0 saturated heterocycles. The van der Waals surface area contributed by atoms with E-state index in [0.717, 1.165) is 0 Å². The summed E-state index contributed by atoms with van der Waals surface area (Å²) in [5, 5.41) is 0. The lowest BCUT2D eigenvalue weighted by Gasteiger charge is -2.04. The molecule has 0 aliphatic carbocycles. The Balaban J connectivity index is -0.0000000467. The first-order valence-corrected chi connectivity index (χ1v) is 5.09. The van der Waals surface area contributed by atoms with E-state index in [1.165, 1.54) is 0 Å². The molecule has 0 heterocycles. The first-order valence-electron chi connectivity index (χ1n) is 5.09. The number of ether oxygens (including phenoxy) is 3. The molecule has 22 heavy (non-hydrogen) atoms. The Morgan fingerprint density at radius 2 is 0.909 bits per heavy atom. The predicted octanol–water partition coefficient (Wildman–Crippen LogP) is 5.36. The SMILES string of the molecule is C.C.C.C.C.C.C.CCOC(=O)CCOCCC(=O)OCC. The lowest BCUT2D eigenvalue weighted by molar-refractivity contribution is -0.145. The zero-order valence-electron chi connectivity index (χ0n) is 9.28. The first kappa shape index (κ1) is 49.7. The second-order valence-electron chi connectivity index (χ2n) is 2.72. The number of rotatable bonds is 8. The third-order valence-corrected chi connectivity index (χ3v) is 1.51. The Morgan fingerprint density at radius 1 is 0.636 bits per heavy atom. The van der Waals surface area contributed by atoms with E-state index < -0.39 is 0 Å². The fourth-order valence-electron chi connectivity index (χ4n) is 0.879. The molecule has 0 N–H and O–H groups in total. The van der Waals surface area contributed by atoms with Gasteiger partial charge in [-0.25, -0.2) is 0 Å². The summed E-state index contributed by atoms with van der Waals surface area (Å²) in [6.45, 7) is 4.80. The predicted molar refractivity (Wildman–Crippen MR) is 100 cm³/mol. The smallest absolute Gasteiger partial charge is 0.308 e. The molecular formula is C17H46O5. The molecule has 5 nitrogen and oxygen atoms in total. The molecule has 5 heteroatoms. The Kier molecular flexibility index (Phi) is 83.2. The van der Waals surface area contributed by atoms with Crippen LogP contribution < -0.4 is 0 Å². The highest BCUT2D eigenvalue weighted by molar-refractivity contribution is 5.69. The molecule has 144 valence electrons. The van der Waals surface area contributed by atoms with E-state index >= 15 is 0 Å². The van der Waals surface area contributed by atoms with Gasteiger partial charge in [0.05, 0.1) is 39.3 Å². The molecule has 0 radical (unpaired) electrons. The molecule has 0 saturated carbocycles. The molecule has 0 aromatic carbocycles. The molecule has 0 aromatic rings. The van der Waals surface area contributed by atoms with Gasteiger partial charge in [0, 0.05) is 0 Å². The van der Waals surface area contributed by atoms with Crippen LogP contribution >= 0.6 is 0 Å². The van der Waals surface area contributed by atoms with Crippen LogP contribution in [-0.2, 0) is 23.8 Å². The largest absolute Gasteiger partial charge is 0.466 e. The molecule has 0 unspecified atom stereocenters. The third-order valence-electron chi connectivity index (χ3n) is 1.51. The van der Waals surface area contributed by atoms with E-state index in [1.807, 2.05) is 0 Å². The van der Waals surface area contributed by atoms with Gasteiger partial charge >= 0.3 is 11.9 Å². The number of carbonyl (C=O) groups excluding carboxylic acids is 2. The van der Waals surface area contributed by atoms with Crippen molar-refractivity contribution in [2.24, 2.45) is 0 Å². The molecule has 0 aliphatic rings. The molecule has 0 rings (SSSR count). The van der Waals surface area contributed by atoms with Gasteiger partial charge in [0.15, 0.2) is 0 Å². The quantitative estimate of drug-likeness (QED) is 0.442. The van der Waals surface area contributed by atoms with Gasteiger partial charge in [0.2, 0.25) is 0 Å². The van der Waals surface area contributed by atoms with Crippen LogP contribution in [0.1, 0.15) is 78.7 Å². The Morgan fingerprint density at radius 3 is 1.14 bits per heavy atom. The van der Waals surface area contributed by atoms with Crippen LogP contribution in [0.25, 0.3) is 0 Å². The van der Waals surface area contributed by atoms with Crippen molar-refractivity contribution in [1.82, 2.24) is 0 Å². The minimum atomic E-state index is -0.284. The summed E-state index contributed by atoms with van der Waals surface area (Å²) in [5.74, 6) is -0.567. The fraction of sp³-hybridized carbons (Fsp3) is 0.882. The molecule has 0 spiro atoms. The fourth-order valence-corrected chi connectivity index (χ4v) is 0.879. The minimum absolute atomic E-state index is 0. The average Bonchev–Trinajstić information content (AvgIpc) is 2.18. The van der Waals surface area contributed by atoms with Crippen LogP contribution in [0.2, 0.25) is 0 Å². The van der Waals surface area contributed by atoms with Crippen molar-refractivity contribution in [2.45, 2.75) is 78.7 Å². The lowest BCUT2D eigenvalue weighted by Crippen LogP contribution is -2.11. The monoisotopic (exact) mass is 330 g/mol. The molecule has 0 aromatic heterocycles. The van der Waals surface area contributed by atoms with Gasteiger partial charge in [-0.3, -0.25) is 9.59 Å². The van der Waals surface area contributed by atoms with Gasteiger partial charge in [0.1, 0.15) is 0 Å². The highest BCUT2D eigenvalue weighted by atomic mass is 16.5. The summed E-state index contributed by atoms with van der Waals surface area (Å²) >= 11 is 0. The maximum absolute atomic E-state index is 10.8. The first-order chi connectivity index (χ1) is 7.20. The Bertz CT molecular complexity index is 173. The second-order valence-corrected chi connectivity index (χ2v) is 2.72. The number of hydrogen-bond acceptors (Lipinski definition) is 5. The van der Waals surface area contributed by atoms with Crippen molar-refractivity contribution in [1.29, 1.82) is 0 Å². The van der Waals surface area contributed by atoms with E-state index in [2.05, 4.69) is 0 Å². The molecule has 0 bridgehead atoms. The van der Waals surface area contributed by atoms with E-state index in [-0.39, 0.29) is 90.0 Å². The summed E-state index contributed by atoms with van der Waals surface area (Å²) in [7, 11) is 0. The number of esters is 2. The summed E-state index contributed by atoms with van der Waals surface area (Å²) in [5.41, 5.74) is 0. The zero-order chi connectivity index (χ0) is 11.5. The number of hydrogen-bond donors (Lipinski definition) is 0. The van der Waals surface area contributed by atoms with E-state index in [4.69, 9.17) is 14.2 Å². The van der Waals surface area contributed by atoms with Crippen molar-refractivity contribution >= 4 is 11.9 Å². The Hall–Kier alpha value is -1.10. The van der Waals surface area contributed by atoms with E-state index in [9.17, 15) is 9.59 Å². The zero-order valence-corrected chi connectivity index (χ0v) is 9.28. The van der Waals surface area contributed by atoms with Gasteiger partial charge in [-0.15, -0.1) is 0 Å². The van der Waals surface area contributed by atoms with Crippen LogP contribution in [0, 0.1) is 0 Å². The van der Waals surface area contributed by atoms with Crippen LogP contribution in [0.4, 0.5) is 0 Å². The summed E-state index contributed by atoms with van der Waals surface area (Å²) in [6, 6.07) is 0. The van der Waals surface area contributed by atoms with Gasteiger partial charge in [0.25, 0.3) is 0 Å². The highest BCUT2D eigenvalue weighted by Gasteiger charge is 2.03. The number of carbonyl (C=O) groups is 2. The molecule has 0 atom stereocenters. The third kappa shape index (κ3) is 36.4. The summed E-state index contributed by atoms with van der Waals surface area (Å²) < 4.78 is 14.5. The normalized spacial score (nSPS) is 6.64. The van der Waals surface area contributed by atoms with Crippen LogP contribution in [-0.4, -0.2) is 38.4 Å². The van der Waals surface area contributed by atoms with Crippen LogP contribution in [0.3, 0.4) is 0 Å². The topological polar surface area (TPSA) is 61.8 Å². The van der Waals surface area contributed by atoms with Gasteiger partial charge in [-0.1, -0.05) is 52.0 Å². The maximum atomic E-state index is 10.8. The Labute approximate surface area is 141 Å². The van der Waals surface area contributed by atoms with Crippen LogP contribution in [0.15, 0.2) is 0 Å². The van der Waals surface area contributed by atoms with Crippen LogP contribution in [0.5, 0.6) is 0 Å². The standard InChI is InChI=1S/C10H18O5.7CH4/c1-3-14-9(11)5-7-13-8-6-10(12)15-4-2;;;;;;;/h3-8H2,1-2H3;7*1H4. The van der Waals surface area contributed by atoms with Crippen molar-refractivity contribution in [3.63, 3.8) is 0 Å². The maximum Gasteiger partial charge on any atom is 0.308 e. The lowest BCUT2D eigenvalue weighted by atomic mass is 10.4. The van der Waals surface area contributed by atoms with E-state index in [1.54, 1.807) is 13.8 Å². The minimum Gasteiger partial charge on any atom is -0.466 e. The van der Waals surface area contributed by atoms with Gasteiger partial charge in [-0.05, 0) is 13.8 Å². The second kappa shape index (κ2) is 36.8. The van der Waals surface area contributed by atoms with E-state index in [0.29, 0.717) is 13.2 Å². The summed E-state index contributed by atoms with van der Waals surface area (Å²) in [6.07, 6.45) is 0.438. The van der Waals surface area contributed by atoms with Crippen molar-refractivity contribution in [2.75, 3.05) is 26.4 Å².